The van der Waals surface area contributed by atoms with Crippen molar-refractivity contribution in [3.63, 3.8) is 0 Å². The molecule has 2 aromatic rings. The number of hydrogen-bond acceptors (Lipinski definition) is 3. The number of urea groups is 1. The lowest BCUT2D eigenvalue weighted by Crippen LogP contribution is -2.24. The number of carbonyl (C=O) groups is 1. The van der Waals surface area contributed by atoms with Crippen LogP contribution in [0.2, 0.25) is 5.02 Å². The largest absolute Gasteiger partial charge is 0.416 e. The fourth-order valence-corrected chi connectivity index (χ4v) is 3.50. The van der Waals surface area contributed by atoms with Crippen molar-refractivity contribution in [1.29, 1.82) is 0 Å². The molecule has 0 radical (unpaired) electrons. The van der Waals surface area contributed by atoms with Gasteiger partial charge in [-0.3, -0.25) is 4.72 Å². The highest BCUT2D eigenvalue weighted by Crippen LogP contribution is 2.34. The van der Waals surface area contributed by atoms with Crippen molar-refractivity contribution in [1.82, 2.24) is 5.32 Å². The van der Waals surface area contributed by atoms with E-state index in [1.54, 1.807) is 0 Å². The van der Waals surface area contributed by atoms with Crippen LogP contribution in [0.15, 0.2) is 47.4 Å². The van der Waals surface area contributed by atoms with E-state index in [0.717, 1.165) is 6.07 Å². The van der Waals surface area contributed by atoms with Gasteiger partial charge in [-0.2, -0.15) is 13.2 Å². The Balaban J connectivity index is 2.27. The predicted octanol–water partition coefficient (Wildman–Crippen LogP) is 3.91. The van der Waals surface area contributed by atoms with E-state index in [1.807, 2.05) is 0 Å². The molecule has 0 heterocycles. The first-order valence-electron chi connectivity index (χ1n) is 7.01. The lowest BCUT2D eigenvalue weighted by atomic mass is 10.2. The summed E-state index contributed by atoms with van der Waals surface area (Å²) in [4.78, 5) is 10.5. The summed E-state index contributed by atoms with van der Waals surface area (Å²) in [6, 6.07) is 7.08. The Hall–Kier alpha value is -2.46. The zero-order valence-corrected chi connectivity index (χ0v) is 14.8. The molecule has 2 rings (SSSR count). The Morgan fingerprint density at radius 2 is 1.62 bits per heavy atom. The summed E-state index contributed by atoms with van der Waals surface area (Å²) in [6.45, 7) is 0. The summed E-state index contributed by atoms with van der Waals surface area (Å²) in [6.07, 6.45) is -4.71. The van der Waals surface area contributed by atoms with Crippen LogP contribution in [0.4, 0.5) is 29.3 Å². The minimum atomic E-state index is -4.71. The average Bonchev–Trinajstić information content (AvgIpc) is 2.55. The molecule has 0 aliphatic carbocycles. The van der Waals surface area contributed by atoms with E-state index in [9.17, 15) is 26.4 Å². The number of rotatable bonds is 4. The Morgan fingerprint density at radius 1 is 1.04 bits per heavy atom. The van der Waals surface area contributed by atoms with Crippen LogP contribution in [-0.4, -0.2) is 21.5 Å². The number of anilines is 2. The van der Waals surface area contributed by atoms with E-state index in [1.165, 1.54) is 31.3 Å². The standard InChI is InChI=1S/C15H13ClF3N3O3S/c1-20-14(23)21-10-3-5-11(6-4-10)22-26(24,25)13-8-9(15(17,18)19)2-7-12(13)16/h2-8,22H,1H3,(H2,20,21,23). The first-order valence-corrected chi connectivity index (χ1v) is 8.87. The van der Waals surface area contributed by atoms with Crippen molar-refractivity contribution >= 4 is 39.0 Å². The van der Waals surface area contributed by atoms with Gasteiger partial charge in [-0.05, 0) is 42.5 Å². The van der Waals surface area contributed by atoms with Crippen molar-refractivity contribution < 1.29 is 26.4 Å². The quantitative estimate of drug-likeness (QED) is 0.718. The summed E-state index contributed by atoms with van der Waals surface area (Å²) in [5.74, 6) is 0. The zero-order valence-electron chi connectivity index (χ0n) is 13.2. The van der Waals surface area contributed by atoms with Crippen LogP contribution in [0, 0.1) is 0 Å². The maximum absolute atomic E-state index is 12.8. The van der Waals surface area contributed by atoms with Crippen LogP contribution in [0.1, 0.15) is 5.56 Å². The van der Waals surface area contributed by atoms with Crippen LogP contribution in [0.25, 0.3) is 0 Å². The molecule has 2 amide bonds. The topological polar surface area (TPSA) is 87.3 Å². The van der Waals surface area contributed by atoms with Crippen LogP contribution in [-0.2, 0) is 16.2 Å². The Labute approximate surface area is 152 Å². The van der Waals surface area contributed by atoms with Gasteiger partial charge in [0.05, 0.1) is 10.6 Å². The van der Waals surface area contributed by atoms with E-state index < -0.39 is 32.7 Å². The first kappa shape index (κ1) is 19.9. The predicted molar refractivity (Wildman–Crippen MR) is 91.8 cm³/mol. The molecule has 26 heavy (non-hydrogen) atoms. The number of carbonyl (C=O) groups excluding carboxylic acids is 1. The molecular formula is C15H13ClF3N3O3S. The van der Waals surface area contributed by atoms with Gasteiger partial charge in [-0.25, -0.2) is 13.2 Å². The zero-order chi connectivity index (χ0) is 19.5. The van der Waals surface area contributed by atoms with Gasteiger partial charge in [0.1, 0.15) is 4.90 Å². The van der Waals surface area contributed by atoms with Crippen molar-refractivity contribution in [2.75, 3.05) is 17.1 Å². The second-order valence-electron chi connectivity index (χ2n) is 5.03. The third kappa shape index (κ3) is 4.79. The molecule has 0 saturated carbocycles. The van der Waals surface area contributed by atoms with Crippen molar-refractivity contribution in [2.24, 2.45) is 0 Å². The van der Waals surface area contributed by atoms with Gasteiger partial charge >= 0.3 is 12.2 Å². The van der Waals surface area contributed by atoms with E-state index in [4.69, 9.17) is 11.6 Å². The molecule has 0 unspecified atom stereocenters. The average molecular weight is 408 g/mol. The molecule has 2 aromatic carbocycles. The number of nitrogens with one attached hydrogen (secondary N) is 3. The number of halogens is 4. The van der Waals surface area contributed by atoms with Gasteiger partial charge in [0, 0.05) is 18.4 Å². The van der Waals surface area contributed by atoms with Gasteiger partial charge < -0.3 is 10.6 Å². The second kappa shape index (κ2) is 7.42. The minimum Gasteiger partial charge on any atom is -0.341 e. The fourth-order valence-electron chi connectivity index (χ4n) is 1.91. The molecule has 0 spiro atoms. The maximum atomic E-state index is 12.8. The SMILES string of the molecule is CNC(=O)Nc1ccc(NS(=O)(=O)c2cc(C(F)(F)F)ccc2Cl)cc1. The highest BCUT2D eigenvalue weighted by Gasteiger charge is 2.32. The minimum absolute atomic E-state index is 0.0842. The molecule has 6 nitrogen and oxygen atoms in total. The molecule has 0 aliphatic heterocycles. The van der Waals surface area contributed by atoms with E-state index in [-0.39, 0.29) is 10.7 Å². The van der Waals surface area contributed by atoms with E-state index in [2.05, 4.69) is 15.4 Å². The van der Waals surface area contributed by atoms with Crippen molar-refractivity contribution in [2.45, 2.75) is 11.1 Å². The third-order valence-corrected chi connectivity index (χ3v) is 5.03. The molecule has 140 valence electrons. The molecule has 0 aliphatic rings. The summed E-state index contributed by atoms with van der Waals surface area (Å²) in [5.41, 5.74) is -0.655. The number of sulfonamides is 1. The van der Waals surface area contributed by atoms with Gasteiger partial charge in [-0.15, -0.1) is 0 Å². The molecule has 0 saturated heterocycles. The van der Waals surface area contributed by atoms with Crippen LogP contribution in [0.3, 0.4) is 0 Å². The lowest BCUT2D eigenvalue weighted by Gasteiger charge is -2.13. The molecule has 11 heteroatoms. The Bertz CT molecular complexity index is 916. The van der Waals surface area contributed by atoms with Gasteiger partial charge in [0.2, 0.25) is 0 Å². The van der Waals surface area contributed by atoms with Gasteiger partial charge in [-0.1, -0.05) is 11.6 Å². The van der Waals surface area contributed by atoms with E-state index in [0.29, 0.717) is 17.8 Å². The molecule has 0 aromatic heterocycles. The summed E-state index contributed by atoms with van der Waals surface area (Å²) in [7, 11) is -2.92. The van der Waals surface area contributed by atoms with Gasteiger partial charge in [0.25, 0.3) is 10.0 Å². The normalized spacial score (nSPS) is 11.7. The van der Waals surface area contributed by atoms with Gasteiger partial charge in [0.15, 0.2) is 0 Å². The summed E-state index contributed by atoms with van der Waals surface area (Å²) >= 11 is 5.75. The number of alkyl halides is 3. The first-order chi connectivity index (χ1) is 12.0. The maximum Gasteiger partial charge on any atom is 0.416 e. The Morgan fingerprint density at radius 3 is 2.15 bits per heavy atom. The van der Waals surface area contributed by atoms with Crippen molar-refractivity contribution in [3.8, 4) is 0 Å². The summed E-state index contributed by atoms with van der Waals surface area (Å²) < 4.78 is 65.3. The van der Waals surface area contributed by atoms with Crippen LogP contribution >= 0.6 is 11.6 Å². The molecule has 3 N–H and O–H groups in total. The molecule has 0 bridgehead atoms. The van der Waals surface area contributed by atoms with Crippen LogP contribution in [0.5, 0.6) is 0 Å². The number of benzene rings is 2. The lowest BCUT2D eigenvalue weighted by molar-refractivity contribution is -0.137. The highest BCUT2D eigenvalue weighted by atomic mass is 35.5. The van der Waals surface area contributed by atoms with Crippen LogP contribution < -0.4 is 15.4 Å². The van der Waals surface area contributed by atoms with E-state index >= 15 is 0 Å². The second-order valence-corrected chi connectivity index (χ2v) is 7.09. The highest BCUT2D eigenvalue weighted by molar-refractivity contribution is 7.92. The summed E-state index contributed by atoms with van der Waals surface area (Å²) in [5, 5.41) is 4.47. The monoisotopic (exact) mass is 407 g/mol. The van der Waals surface area contributed by atoms with Crippen molar-refractivity contribution in [3.05, 3.63) is 53.1 Å². The fraction of sp³-hybridized carbons (Fsp3) is 0.133. The molecule has 0 fully saturated rings. The number of hydrogen-bond donors (Lipinski definition) is 3. The third-order valence-electron chi connectivity index (χ3n) is 3.17. The number of amides is 2. The molecular weight excluding hydrogens is 395 g/mol. The Kier molecular flexibility index (Phi) is 5.67. The molecule has 0 atom stereocenters. The smallest absolute Gasteiger partial charge is 0.341 e.